The molecule has 0 radical (unpaired) electrons. The molecule has 2 aliphatic rings. The van der Waals surface area contributed by atoms with Crippen molar-refractivity contribution in [3.8, 4) is 0 Å². The lowest BCUT2D eigenvalue weighted by Gasteiger charge is -2.30. The van der Waals surface area contributed by atoms with Crippen molar-refractivity contribution < 1.29 is 13.2 Å². The van der Waals surface area contributed by atoms with Crippen LogP contribution >= 0.6 is 0 Å². The summed E-state index contributed by atoms with van der Waals surface area (Å²) in [5.74, 6) is 1.45. The average Bonchev–Trinajstić information content (AvgIpc) is 3.01. The molecule has 2 fully saturated rings. The number of hydrogen-bond donors (Lipinski definition) is 1. The van der Waals surface area contributed by atoms with Crippen molar-refractivity contribution in [2.75, 3.05) is 36.5 Å². The number of anilines is 1. The largest absolute Gasteiger partial charge is 0.310 e. The van der Waals surface area contributed by atoms with E-state index in [2.05, 4.69) is 22.2 Å². The molecule has 1 amide bonds. The average molecular weight is 354 g/mol. The molecule has 2 aliphatic heterocycles. The first-order valence-corrected chi connectivity index (χ1v) is 10.4. The maximum absolute atomic E-state index is 12.4. The monoisotopic (exact) mass is 354 g/mol. The summed E-state index contributed by atoms with van der Waals surface area (Å²) < 4.78 is 25.1. The lowest BCUT2D eigenvalue weighted by atomic mass is 10.0. The summed E-state index contributed by atoms with van der Waals surface area (Å²) >= 11 is 0. The molecule has 2 saturated heterocycles. The SMILES string of the molecule is Cc1cc(NC(=O)CN2CCCC(C)C2)n(C2CCS(=O)(=O)C2)n1. The Bertz CT molecular complexity index is 713. The van der Waals surface area contributed by atoms with Crippen LogP contribution in [0.4, 0.5) is 5.82 Å². The highest BCUT2D eigenvalue weighted by atomic mass is 32.2. The quantitative estimate of drug-likeness (QED) is 0.879. The molecular weight excluding hydrogens is 328 g/mol. The summed E-state index contributed by atoms with van der Waals surface area (Å²) in [5.41, 5.74) is 0.779. The molecule has 2 atom stereocenters. The summed E-state index contributed by atoms with van der Waals surface area (Å²) in [6, 6.07) is 1.62. The molecule has 0 aliphatic carbocycles. The normalized spacial score (nSPS) is 27.2. The first-order valence-electron chi connectivity index (χ1n) is 8.61. The fraction of sp³-hybridized carbons (Fsp3) is 0.750. The molecule has 8 heteroatoms. The number of hydrogen-bond acceptors (Lipinski definition) is 5. The number of aryl methyl sites for hydroxylation is 1. The number of carbonyl (C=O) groups excluding carboxylic acids is 1. The van der Waals surface area contributed by atoms with E-state index < -0.39 is 9.84 Å². The Balaban J connectivity index is 1.65. The Morgan fingerprint density at radius 1 is 1.42 bits per heavy atom. The minimum absolute atomic E-state index is 0.0638. The summed E-state index contributed by atoms with van der Waals surface area (Å²) in [7, 11) is -2.99. The van der Waals surface area contributed by atoms with Gasteiger partial charge >= 0.3 is 0 Å². The van der Waals surface area contributed by atoms with Crippen LogP contribution in [0.1, 0.15) is 37.9 Å². The number of piperidine rings is 1. The highest BCUT2D eigenvalue weighted by Crippen LogP contribution is 2.27. The molecule has 0 spiro atoms. The van der Waals surface area contributed by atoms with Gasteiger partial charge < -0.3 is 5.32 Å². The molecule has 0 aromatic carbocycles. The van der Waals surface area contributed by atoms with Crippen LogP contribution in [0.25, 0.3) is 0 Å². The van der Waals surface area contributed by atoms with Crippen molar-refractivity contribution in [1.82, 2.24) is 14.7 Å². The van der Waals surface area contributed by atoms with Gasteiger partial charge in [-0.05, 0) is 38.6 Å². The number of nitrogens with zero attached hydrogens (tertiary/aromatic N) is 3. The molecule has 7 nitrogen and oxygen atoms in total. The van der Waals surface area contributed by atoms with Gasteiger partial charge in [0.15, 0.2) is 9.84 Å². The van der Waals surface area contributed by atoms with Crippen LogP contribution in [0.2, 0.25) is 0 Å². The van der Waals surface area contributed by atoms with Gasteiger partial charge in [0.2, 0.25) is 5.91 Å². The predicted molar refractivity (Wildman–Crippen MR) is 92.7 cm³/mol. The summed E-state index contributed by atoms with van der Waals surface area (Å²) in [6.07, 6.45) is 2.90. The maximum atomic E-state index is 12.4. The Hall–Kier alpha value is -1.41. The van der Waals surface area contributed by atoms with Gasteiger partial charge in [-0.3, -0.25) is 9.69 Å². The number of amides is 1. The molecule has 2 unspecified atom stereocenters. The van der Waals surface area contributed by atoms with Crippen molar-refractivity contribution in [2.45, 2.75) is 39.2 Å². The van der Waals surface area contributed by atoms with E-state index in [1.54, 1.807) is 4.68 Å². The topological polar surface area (TPSA) is 84.3 Å². The number of nitrogens with one attached hydrogen (secondary N) is 1. The lowest BCUT2D eigenvalue weighted by Crippen LogP contribution is -2.40. The Morgan fingerprint density at radius 2 is 2.21 bits per heavy atom. The van der Waals surface area contributed by atoms with Crippen molar-refractivity contribution in [3.63, 3.8) is 0 Å². The minimum Gasteiger partial charge on any atom is -0.310 e. The summed E-state index contributed by atoms with van der Waals surface area (Å²) in [4.78, 5) is 14.6. The molecule has 1 aromatic rings. The smallest absolute Gasteiger partial charge is 0.239 e. The van der Waals surface area contributed by atoms with Crippen molar-refractivity contribution in [1.29, 1.82) is 0 Å². The molecular formula is C16H26N4O3S. The van der Waals surface area contributed by atoms with Crippen LogP contribution in [0.5, 0.6) is 0 Å². The second-order valence-electron chi connectivity index (χ2n) is 7.20. The van der Waals surface area contributed by atoms with E-state index in [0.29, 0.717) is 24.7 Å². The number of aromatic nitrogens is 2. The highest BCUT2D eigenvalue weighted by molar-refractivity contribution is 7.91. The van der Waals surface area contributed by atoms with E-state index in [-0.39, 0.29) is 23.5 Å². The van der Waals surface area contributed by atoms with E-state index in [9.17, 15) is 13.2 Å². The lowest BCUT2D eigenvalue weighted by molar-refractivity contribution is -0.117. The van der Waals surface area contributed by atoms with Gasteiger partial charge in [-0.2, -0.15) is 5.10 Å². The van der Waals surface area contributed by atoms with E-state index in [0.717, 1.165) is 25.2 Å². The van der Waals surface area contributed by atoms with Gasteiger partial charge in [-0.1, -0.05) is 6.92 Å². The van der Waals surface area contributed by atoms with Crippen LogP contribution in [0.15, 0.2) is 6.07 Å². The van der Waals surface area contributed by atoms with Crippen LogP contribution in [-0.4, -0.2) is 60.1 Å². The van der Waals surface area contributed by atoms with E-state index in [1.807, 2.05) is 13.0 Å². The highest BCUT2D eigenvalue weighted by Gasteiger charge is 2.31. The van der Waals surface area contributed by atoms with Gasteiger partial charge in [0, 0.05) is 12.6 Å². The molecule has 1 aromatic heterocycles. The van der Waals surface area contributed by atoms with Crippen molar-refractivity contribution in [2.24, 2.45) is 5.92 Å². The van der Waals surface area contributed by atoms with Crippen LogP contribution in [0, 0.1) is 12.8 Å². The van der Waals surface area contributed by atoms with Crippen molar-refractivity contribution in [3.05, 3.63) is 11.8 Å². The predicted octanol–water partition coefficient (Wildman–Crippen LogP) is 1.22. The zero-order chi connectivity index (χ0) is 17.3. The maximum Gasteiger partial charge on any atom is 0.239 e. The number of carbonyl (C=O) groups is 1. The third kappa shape index (κ3) is 4.16. The molecule has 134 valence electrons. The second kappa shape index (κ2) is 6.84. The van der Waals surface area contributed by atoms with Gasteiger partial charge in [-0.25, -0.2) is 13.1 Å². The molecule has 24 heavy (non-hydrogen) atoms. The van der Waals surface area contributed by atoms with E-state index in [1.165, 1.54) is 6.42 Å². The fourth-order valence-corrected chi connectivity index (χ4v) is 5.36. The summed E-state index contributed by atoms with van der Waals surface area (Å²) in [6.45, 7) is 6.34. The second-order valence-corrected chi connectivity index (χ2v) is 9.43. The Kier molecular flexibility index (Phi) is 4.96. The Labute approximate surface area is 143 Å². The third-order valence-corrected chi connectivity index (χ3v) is 6.54. The standard InChI is InChI=1S/C16H26N4O3S/c1-12-4-3-6-19(9-12)10-16(21)17-15-8-13(2)18-20(15)14-5-7-24(22,23)11-14/h8,12,14H,3-7,9-11H2,1-2H3,(H,17,21). The van der Waals surface area contributed by atoms with Crippen LogP contribution in [0.3, 0.4) is 0 Å². The first kappa shape index (κ1) is 17.4. The zero-order valence-corrected chi connectivity index (χ0v) is 15.2. The number of sulfone groups is 1. The molecule has 0 bridgehead atoms. The van der Waals surface area contributed by atoms with Crippen LogP contribution in [-0.2, 0) is 14.6 Å². The molecule has 3 heterocycles. The number of rotatable bonds is 4. The minimum atomic E-state index is -2.99. The van der Waals surface area contributed by atoms with Gasteiger partial charge in [-0.15, -0.1) is 0 Å². The van der Waals surface area contributed by atoms with E-state index in [4.69, 9.17) is 0 Å². The molecule has 0 saturated carbocycles. The summed E-state index contributed by atoms with van der Waals surface area (Å²) in [5, 5.41) is 7.32. The molecule has 3 rings (SSSR count). The third-order valence-electron chi connectivity index (χ3n) is 4.79. The van der Waals surface area contributed by atoms with Crippen molar-refractivity contribution >= 4 is 21.6 Å². The first-order chi connectivity index (χ1) is 11.3. The van der Waals surface area contributed by atoms with Gasteiger partial charge in [0.05, 0.1) is 29.8 Å². The molecule has 1 N–H and O–H groups in total. The van der Waals surface area contributed by atoms with Gasteiger partial charge in [0.1, 0.15) is 5.82 Å². The number of likely N-dealkylation sites (tertiary alicyclic amines) is 1. The zero-order valence-electron chi connectivity index (χ0n) is 14.4. The fourth-order valence-electron chi connectivity index (χ4n) is 3.67. The van der Waals surface area contributed by atoms with Gasteiger partial charge in [0.25, 0.3) is 0 Å². The van der Waals surface area contributed by atoms with Crippen LogP contribution < -0.4 is 5.32 Å². The Morgan fingerprint density at radius 3 is 2.88 bits per heavy atom. The van der Waals surface area contributed by atoms with E-state index >= 15 is 0 Å².